The summed E-state index contributed by atoms with van der Waals surface area (Å²) in [6, 6.07) is 6.11. The van der Waals surface area contributed by atoms with Crippen LogP contribution in [0.1, 0.15) is 29.8 Å². The molecule has 20 heavy (non-hydrogen) atoms. The first-order valence-corrected chi connectivity index (χ1v) is 6.73. The van der Waals surface area contributed by atoms with Crippen LogP contribution < -0.4 is 11.1 Å². The quantitative estimate of drug-likeness (QED) is 0.792. The summed E-state index contributed by atoms with van der Waals surface area (Å²) in [6.45, 7) is 4.12. The summed E-state index contributed by atoms with van der Waals surface area (Å²) in [5.74, 6) is -0.459. The average molecular weight is 293 g/mol. The molecule has 6 heteroatoms. The molecule has 0 bridgehead atoms. The molecule has 1 aromatic carbocycles. The number of likely N-dealkylation sites (N-methyl/N-ethyl adjacent to an activating group) is 1. The topological polar surface area (TPSA) is 75.4 Å². The van der Waals surface area contributed by atoms with Crippen molar-refractivity contribution in [1.82, 2.24) is 10.2 Å². The first-order chi connectivity index (χ1) is 9.36. The van der Waals surface area contributed by atoms with Crippen molar-refractivity contribution in [2.24, 2.45) is 5.73 Å². The number of nitrogens with zero attached hydrogens (tertiary/aromatic N) is 1. The van der Waals surface area contributed by atoms with Crippen molar-refractivity contribution >= 4 is 29.0 Å². The van der Waals surface area contributed by atoms with Gasteiger partial charge in [-0.15, -0.1) is 0 Å². The van der Waals surface area contributed by atoms with E-state index >= 15 is 0 Å². The highest BCUT2D eigenvalue weighted by molar-refractivity contribution is 7.80. The number of hydrogen-bond acceptors (Lipinski definition) is 3. The molecular formula is C14H19N3O2S. The van der Waals surface area contributed by atoms with Crippen LogP contribution >= 0.6 is 12.2 Å². The van der Waals surface area contributed by atoms with Crippen molar-refractivity contribution in [3.63, 3.8) is 0 Å². The van der Waals surface area contributed by atoms with Crippen molar-refractivity contribution in [2.75, 3.05) is 13.6 Å². The van der Waals surface area contributed by atoms with Crippen LogP contribution in [0.3, 0.4) is 0 Å². The van der Waals surface area contributed by atoms with E-state index in [1.54, 1.807) is 43.1 Å². The van der Waals surface area contributed by atoms with Gasteiger partial charge >= 0.3 is 0 Å². The maximum atomic E-state index is 12.1. The average Bonchev–Trinajstić information content (AvgIpc) is 2.45. The van der Waals surface area contributed by atoms with E-state index in [-0.39, 0.29) is 16.8 Å². The zero-order chi connectivity index (χ0) is 15.3. The maximum Gasteiger partial charge on any atom is 0.251 e. The summed E-state index contributed by atoms with van der Waals surface area (Å²) in [5, 5.41) is 2.66. The van der Waals surface area contributed by atoms with Crippen LogP contribution in [0.5, 0.6) is 0 Å². The standard InChI is InChI=1S/C14H19N3O2S/c1-4-17(3)14(19)9(2)16-13(18)11-7-5-6-10(8-11)12(15)20/h5-9H,4H2,1-3H3,(H2,15,20)(H,16,18). The van der Waals surface area contributed by atoms with E-state index in [1.807, 2.05) is 6.92 Å². The molecule has 0 heterocycles. The molecular weight excluding hydrogens is 274 g/mol. The lowest BCUT2D eigenvalue weighted by molar-refractivity contribution is -0.131. The Balaban J connectivity index is 2.79. The predicted octanol–water partition coefficient (Wildman–Crippen LogP) is 0.917. The minimum absolute atomic E-state index is 0.133. The Morgan fingerprint density at radius 1 is 1.40 bits per heavy atom. The SMILES string of the molecule is CCN(C)C(=O)C(C)NC(=O)c1cccc(C(N)=S)c1. The van der Waals surface area contributed by atoms with Crippen LogP contribution in [0.2, 0.25) is 0 Å². The lowest BCUT2D eigenvalue weighted by Gasteiger charge is -2.20. The molecule has 0 saturated heterocycles. The van der Waals surface area contributed by atoms with Gasteiger partial charge in [-0.1, -0.05) is 24.4 Å². The lowest BCUT2D eigenvalue weighted by atomic mass is 10.1. The highest BCUT2D eigenvalue weighted by Crippen LogP contribution is 2.06. The molecule has 0 aromatic heterocycles. The van der Waals surface area contributed by atoms with Crippen LogP contribution in [-0.2, 0) is 4.79 Å². The van der Waals surface area contributed by atoms with Gasteiger partial charge in [0, 0.05) is 24.7 Å². The normalized spacial score (nSPS) is 11.6. The van der Waals surface area contributed by atoms with Crippen molar-refractivity contribution in [2.45, 2.75) is 19.9 Å². The van der Waals surface area contributed by atoms with E-state index in [4.69, 9.17) is 18.0 Å². The fourth-order valence-electron chi connectivity index (χ4n) is 1.64. The Morgan fingerprint density at radius 3 is 2.55 bits per heavy atom. The van der Waals surface area contributed by atoms with Gasteiger partial charge in [-0.3, -0.25) is 9.59 Å². The third-order valence-corrected chi connectivity index (χ3v) is 3.21. The molecule has 0 fully saturated rings. The largest absolute Gasteiger partial charge is 0.389 e. The second-order valence-electron chi connectivity index (χ2n) is 4.49. The third kappa shape index (κ3) is 4.03. The minimum Gasteiger partial charge on any atom is -0.389 e. The van der Waals surface area contributed by atoms with Gasteiger partial charge in [-0.2, -0.15) is 0 Å². The molecule has 0 aliphatic carbocycles. The molecule has 0 aliphatic heterocycles. The fraction of sp³-hybridized carbons (Fsp3) is 0.357. The van der Waals surface area contributed by atoms with Crippen molar-refractivity contribution in [3.8, 4) is 0 Å². The van der Waals surface area contributed by atoms with Gasteiger partial charge in [0.15, 0.2) is 0 Å². The molecule has 0 spiro atoms. The molecule has 1 rings (SSSR count). The molecule has 108 valence electrons. The number of nitrogens with one attached hydrogen (secondary N) is 1. The molecule has 0 radical (unpaired) electrons. The highest BCUT2D eigenvalue weighted by Gasteiger charge is 2.19. The zero-order valence-electron chi connectivity index (χ0n) is 11.8. The summed E-state index contributed by atoms with van der Waals surface area (Å²) in [4.78, 5) is 25.7. The van der Waals surface area contributed by atoms with Crippen LogP contribution in [0, 0.1) is 0 Å². The number of rotatable bonds is 5. The summed E-state index contributed by atoms with van der Waals surface area (Å²) < 4.78 is 0. The van der Waals surface area contributed by atoms with Gasteiger partial charge in [0.25, 0.3) is 5.91 Å². The molecule has 1 unspecified atom stereocenters. The van der Waals surface area contributed by atoms with Crippen LogP contribution in [0.15, 0.2) is 24.3 Å². The fourth-order valence-corrected chi connectivity index (χ4v) is 1.77. The first kappa shape index (κ1) is 16.1. The molecule has 5 nitrogen and oxygen atoms in total. The first-order valence-electron chi connectivity index (χ1n) is 6.32. The highest BCUT2D eigenvalue weighted by atomic mass is 32.1. The number of carbonyl (C=O) groups is 2. The van der Waals surface area contributed by atoms with E-state index in [2.05, 4.69) is 5.32 Å². The van der Waals surface area contributed by atoms with Crippen molar-refractivity contribution < 1.29 is 9.59 Å². The summed E-state index contributed by atoms with van der Waals surface area (Å²) in [6.07, 6.45) is 0. The van der Waals surface area contributed by atoms with Gasteiger partial charge < -0.3 is 16.0 Å². The van der Waals surface area contributed by atoms with Crippen molar-refractivity contribution in [3.05, 3.63) is 35.4 Å². The van der Waals surface area contributed by atoms with Gasteiger partial charge in [0.1, 0.15) is 11.0 Å². The second-order valence-corrected chi connectivity index (χ2v) is 4.93. The number of carbonyl (C=O) groups excluding carboxylic acids is 2. The van der Waals surface area contributed by atoms with E-state index < -0.39 is 6.04 Å². The molecule has 3 N–H and O–H groups in total. The van der Waals surface area contributed by atoms with Crippen LogP contribution in [0.4, 0.5) is 0 Å². The molecule has 1 atom stereocenters. The smallest absolute Gasteiger partial charge is 0.251 e. The zero-order valence-corrected chi connectivity index (χ0v) is 12.7. The van der Waals surface area contributed by atoms with Crippen molar-refractivity contribution in [1.29, 1.82) is 0 Å². The number of hydrogen-bond donors (Lipinski definition) is 2. The van der Waals surface area contributed by atoms with E-state index in [0.717, 1.165) is 0 Å². The number of thiocarbonyl (C=S) groups is 1. The van der Waals surface area contributed by atoms with Crippen LogP contribution in [-0.4, -0.2) is 41.3 Å². The van der Waals surface area contributed by atoms with E-state index in [9.17, 15) is 9.59 Å². The van der Waals surface area contributed by atoms with Gasteiger partial charge in [0.2, 0.25) is 5.91 Å². The number of amides is 2. The Bertz CT molecular complexity index is 531. The number of benzene rings is 1. The molecule has 0 saturated carbocycles. The summed E-state index contributed by atoms with van der Waals surface area (Å²) >= 11 is 4.87. The maximum absolute atomic E-state index is 12.1. The van der Waals surface area contributed by atoms with E-state index in [1.165, 1.54) is 0 Å². The second kappa shape index (κ2) is 7.00. The Labute approximate surface area is 124 Å². The monoisotopic (exact) mass is 293 g/mol. The summed E-state index contributed by atoms with van der Waals surface area (Å²) in [7, 11) is 1.69. The minimum atomic E-state index is -0.582. The van der Waals surface area contributed by atoms with Gasteiger partial charge in [-0.25, -0.2) is 0 Å². The third-order valence-electron chi connectivity index (χ3n) is 2.98. The van der Waals surface area contributed by atoms with Gasteiger partial charge in [0.05, 0.1) is 0 Å². The molecule has 0 aliphatic rings. The van der Waals surface area contributed by atoms with Crippen LogP contribution in [0.25, 0.3) is 0 Å². The van der Waals surface area contributed by atoms with Gasteiger partial charge in [-0.05, 0) is 26.0 Å². The Hall–Kier alpha value is -1.95. The Kier molecular flexibility index (Phi) is 5.64. The molecule has 2 amide bonds. The molecule has 1 aromatic rings. The summed E-state index contributed by atoms with van der Waals surface area (Å²) in [5.41, 5.74) is 6.58. The number of nitrogens with two attached hydrogens (primary N) is 1. The lowest BCUT2D eigenvalue weighted by Crippen LogP contribution is -2.45. The Morgan fingerprint density at radius 2 is 2.00 bits per heavy atom. The van der Waals surface area contributed by atoms with E-state index in [0.29, 0.717) is 17.7 Å². The predicted molar refractivity (Wildman–Crippen MR) is 82.6 cm³/mol.